The van der Waals surface area contributed by atoms with Crippen LogP contribution >= 0.6 is 0 Å². The molecule has 2 amide bonds. The van der Waals surface area contributed by atoms with E-state index in [2.05, 4.69) is 15.4 Å². The van der Waals surface area contributed by atoms with Crippen molar-refractivity contribution in [1.82, 2.24) is 10.6 Å². The molecule has 0 aliphatic heterocycles. The standard InChI is InChI=1S/C20H21F3N2O3/c1-27-16-10-6-15(7-11-16)18(14-4-5-14)25-19(26)24-12-13-2-8-17(9-3-13)28-20(21,22)23/h2-3,6-11,14,18H,4-5,12H2,1H3,(H2,24,25,26). The molecule has 2 N–H and O–H groups in total. The van der Waals surface area contributed by atoms with Crippen molar-refractivity contribution in [3.05, 3.63) is 59.7 Å². The number of hydrogen-bond donors (Lipinski definition) is 2. The molecular formula is C20H21F3N2O3. The molecule has 0 spiro atoms. The van der Waals surface area contributed by atoms with Gasteiger partial charge in [0.2, 0.25) is 0 Å². The van der Waals surface area contributed by atoms with Gasteiger partial charge in [-0.25, -0.2) is 4.79 Å². The maximum Gasteiger partial charge on any atom is 0.573 e. The molecule has 2 aromatic carbocycles. The number of rotatable bonds is 7. The fourth-order valence-electron chi connectivity index (χ4n) is 2.90. The SMILES string of the molecule is COc1ccc(C(NC(=O)NCc2ccc(OC(F)(F)F)cc2)C2CC2)cc1. The summed E-state index contributed by atoms with van der Waals surface area (Å²) in [6.45, 7) is 0.193. The predicted octanol–water partition coefficient (Wildman–Crippen LogP) is 4.54. The van der Waals surface area contributed by atoms with Crippen molar-refractivity contribution in [3.8, 4) is 11.5 Å². The Bertz CT molecular complexity index is 788. The normalized spacial score (nSPS) is 14.9. The second-order valence-electron chi connectivity index (χ2n) is 6.61. The summed E-state index contributed by atoms with van der Waals surface area (Å²) in [5.41, 5.74) is 1.67. The summed E-state index contributed by atoms with van der Waals surface area (Å²) >= 11 is 0. The first kappa shape index (κ1) is 19.9. The van der Waals surface area contributed by atoms with Crippen molar-refractivity contribution in [2.75, 3.05) is 7.11 Å². The number of carbonyl (C=O) groups excluding carboxylic acids is 1. The lowest BCUT2D eigenvalue weighted by atomic mass is 10.0. The molecular weight excluding hydrogens is 373 g/mol. The molecule has 8 heteroatoms. The molecule has 1 saturated carbocycles. The van der Waals surface area contributed by atoms with Gasteiger partial charge in [0, 0.05) is 6.54 Å². The van der Waals surface area contributed by atoms with Crippen LogP contribution in [0.3, 0.4) is 0 Å². The van der Waals surface area contributed by atoms with Crippen molar-refractivity contribution in [1.29, 1.82) is 0 Å². The Morgan fingerprint density at radius 3 is 2.21 bits per heavy atom. The number of hydrogen-bond acceptors (Lipinski definition) is 3. The topological polar surface area (TPSA) is 59.6 Å². The van der Waals surface area contributed by atoms with E-state index < -0.39 is 6.36 Å². The number of nitrogens with one attached hydrogen (secondary N) is 2. The number of ether oxygens (including phenoxy) is 2. The minimum atomic E-state index is -4.72. The Balaban J connectivity index is 1.53. The van der Waals surface area contributed by atoms with Crippen molar-refractivity contribution < 1.29 is 27.4 Å². The third-order valence-electron chi connectivity index (χ3n) is 4.46. The minimum absolute atomic E-state index is 0.0894. The monoisotopic (exact) mass is 394 g/mol. The number of alkyl halides is 3. The molecule has 2 aromatic rings. The first-order valence-corrected chi connectivity index (χ1v) is 8.87. The van der Waals surface area contributed by atoms with E-state index in [-0.39, 0.29) is 24.4 Å². The van der Waals surface area contributed by atoms with Crippen LogP contribution in [0.5, 0.6) is 11.5 Å². The lowest BCUT2D eigenvalue weighted by Gasteiger charge is -2.19. The predicted molar refractivity (Wildman–Crippen MR) is 97.0 cm³/mol. The van der Waals surface area contributed by atoms with Gasteiger partial charge in [0.1, 0.15) is 11.5 Å². The number of methoxy groups -OCH3 is 1. The summed E-state index contributed by atoms with van der Waals surface area (Å²) in [5, 5.41) is 5.72. The molecule has 1 aliphatic carbocycles. The van der Waals surface area contributed by atoms with E-state index in [1.165, 1.54) is 24.3 Å². The van der Waals surface area contributed by atoms with Crippen LogP contribution in [0.15, 0.2) is 48.5 Å². The minimum Gasteiger partial charge on any atom is -0.497 e. The Morgan fingerprint density at radius 2 is 1.68 bits per heavy atom. The molecule has 5 nitrogen and oxygen atoms in total. The molecule has 0 bridgehead atoms. The van der Waals surface area contributed by atoms with Crippen LogP contribution in [0.2, 0.25) is 0 Å². The average molecular weight is 394 g/mol. The second kappa shape index (κ2) is 8.41. The van der Waals surface area contributed by atoms with Crippen molar-refractivity contribution in [2.24, 2.45) is 5.92 Å². The Kier molecular flexibility index (Phi) is 5.96. The Morgan fingerprint density at radius 1 is 1.07 bits per heavy atom. The summed E-state index contributed by atoms with van der Waals surface area (Å²) in [7, 11) is 1.60. The van der Waals surface area contributed by atoms with E-state index in [0.29, 0.717) is 11.5 Å². The van der Waals surface area contributed by atoms with E-state index >= 15 is 0 Å². The summed E-state index contributed by atoms with van der Waals surface area (Å²) in [6.07, 6.45) is -2.62. The highest BCUT2D eigenvalue weighted by molar-refractivity contribution is 5.74. The van der Waals surface area contributed by atoms with E-state index in [1.807, 2.05) is 24.3 Å². The smallest absolute Gasteiger partial charge is 0.497 e. The summed E-state index contributed by atoms with van der Waals surface area (Å²) in [4.78, 5) is 12.3. The van der Waals surface area contributed by atoms with Crippen LogP contribution in [0.25, 0.3) is 0 Å². The number of benzene rings is 2. The van der Waals surface area contributed by atoms with Crippen LogP contribution in [0.1, 0.15) is 30.0 Å². The van der Waals surface area contributed by atoms with E-state index in [4.69, 9.17) is 4.74 Å². The van der Waals surface area contributed by atoms with Crippen LogP contribution in [-0.2, 0) is 6.54 Å². The molecule has 1 aliphatic rings. The Labute approximate surface area is 160 Å². The first-order valence-electron chi connectivity index (χ1n) is 8.87. The average Bonchev–Trinajstić information content (AvgIpc) is 3.49. The molecule has 1 fully saturated rings. The first-order chi connectivity index (χ1) is 13.3. The zero-order chi connectivity index (χ0) is 20.1. The molecule has 0 heterocycles. The van der Waals surface area contributed by atoms with Gasteiger partial charge in [-0.1, -0.05) is 24.3 Å². The van der Waals surface area contributed by atoms with Crippen molar-refractivity contribution in [3.63, 3.8) is 0 Å². The number of amides is 2. The number of halogens is 3. The summed E-state index contributed by atoms with van der Waals surface area (Å²) < 4.78 is 45.5. The summed E-state index contributed by atoms with van der Waals surface area (Å²) in [5.74, 6) is 0.854. The van der Waals surface area contributed by atoms with Gasteiger partial charge in [-0.3, -0.25) is 0 Å². The third-order valence-corrected chi connectivity index (χ3v) is 4.46. The van der Waals surface area contributed by atoms with Gasteiger partial charge < -0.3 is 20.1 Å². The molecule has 0 aromatic heterocycles. The fraction of sp³-hybridized carbons (Fsp3) is 0.350. The molecule has 1 unspecified atom stereocenters. The Hall–Kier alpha value is -2.90. The highest BCUT2D eigenvalue weighted by Gasteiger charge is 2.33. The number of urea groups is 1. The zero-order valence-electron chi connectivity index (χ0n) is 15.3. The van der Waals surface area contributed by atoms with E-state index in [9.17, 15) is 18.0 Å². The third kappa shape index (κ3) is 5.80. The quantitative estimate of drug-likeness (QED) is 0.725. The van der Waals surface area contributed by atoms with Gasteiger partial charge in [0.15, 0.2) is 0 Å². The van der Waals surface area contributed by atoms with E-state index in [1.54, 1.807) is 7.11 Å². The van der Waals surface area contributed by atoms with Gasteiger partial charge in [-0.2, -0.15) is 0 Å². The summed E-state index contributed by atoms with van der Waals surface area (Å²) in [6, 6.07) is 12.5. The van der Waals surface area contributed by atoms with Crippen LogP contribution < -0.4 is 20.1 Å². The maximum absolute atomic E-state index is 12.3. The van der Waals surface area contributed by atoms with Gasteiger partial charge in [-0.15, -0.1) is 13.2 Å². The molecule has 3 rings (SSSR count). The van der Waals surface area contributed by atoms with Crippen LogP contribution in [-0.4, -0.2) is 19.5 Å². The lowest BCUT2D eigenvalue weighted by Crippen LogP contribution is -2.38. The largest absolute Gasteiger partial charge is 0.573 e. The molecule has 0 radical (unpaired) electrons. The van der Waals surface area contributed by atoms with Gasteiger partial charge in [0.25, 0.3) is 0 Å². The molecule has 0 saturated heterocycles. The lowest BCUT2D eigenvalue weighted by molar-refractivity contribution is -0.274. The fourth-order valence-corrected chi connectivity index (χ4v) is 2.90. The highest BCUT2D eigenvalue weighted by Crippen LogP contribution is 2.41. The van der Waals surface area contributed by atoms with E-state index in [0.717, 1.165) is 24.2 Å². The second-order valence-corrected chi connectivity index (χ2v) is 6.61. The number of carbonyl (C=O) groups is 1. The molecule has 1 atom stereocenters. The molecule has 150 valence electrons. The zero-order valence-corrected chi connectivity index (χ0v) is 15.3. The van der Waals surface area contributed by atoms with Crippen LogP contribution in [0, 0.1) is 5.92 Å². The van der Waals surface area contributed by atoms with Crippen LogP contribution in [0.4, 0.5) is 18.0 Å². The van der Waals surface area contributed by atoms with Gasteiger partial charge >= 0.3 is 12.4 Å². The maximum atomic E-state index is 12.3. The molecule has 28 heavy (non-hydrogen) atoms. The van der Waals surface area contributed by atoms with Crippen molar-refractivity contribution >= 4 is 6.03 Å². The highest BCUT2D eigenvalue weighted by atomic mass is 19.4. The van der Waals surface area contributed by atoms with Gasteiger partial charge in [0.05, 0.1) is 13.2 Å². The van der Waals surface area contributed by atoms with Crippen molar-refractivity contribution in [2.45, 2.75) is 31.8 Å². The van der Waals surface area contributed by atoms with Gasteiger partial charge in [-0.05, 0) is 54.2 Å².